The van der Waals surface area contributed by atoms with E-state index in [9.17, 15) is 0 Å². The second-order valence-corrected chi connectivity index (χ2v) is 4.31. The maximum atomic E-state index is 5.32. The zero-order chi connectivity index (χ0) is 12.4. The fraction of sp³-hybridized carbons (Fsp3) is 0.385. The van der Waals surface area contributed by atoms with Crippen LogP contribution in [0.4, 0.5) is 0 Å². The number of halogens is 1. The molecule has 102 valence electrons. The third-order valence-electron chi connectivity index (χ3n) is 3.15. The van der Waals surface area contributed by atoms with Crippen molar-refractivity contribution in [2.24, 2.45) is 0 Å². The Kier molecular flexibility index (Phi) is 4.39. The second kappa shape index (κ2) is 6.04. The zero-order valence-electron chi connectivity index (χ0n) is 10.6. The van der Waals surface area contributed by atoms with E-state index < -0.39 is 0 Å². The molecular formula is C13H16ClN3O2. The standard InChI is InChI=1S/C13H15N3O2.ClH/c1-17-11-7-3-2-5-9(11)12-15-13(18-16-12)10-6-4-8-14-10;/h2-3,5,7,10,14H,4,6,8H2,1H3;1H. The predicted octanol–water partition coefficient (Wildman–Crippen LogP) is 2.59. The molecule has 1 aromatic heterocycles. The van der Waals surface area contributed by atoms with Gasteiger partial charge in [0.2, 0.25) is 11.7 Å². The average Bonchev–Trinajstić information content (AvgIpc) is 3.09. The number of nitrogens with one attached hydrogen (secondary N) is 1. The number of para-hydroxylation sites is 1. The van der Waals surface area contributed by atoms with Crippen molar-refractivity contribution in [3.8, 4) is 17.1 Å². The fourth-order valence-corrected chi connectivity index (χ4v) is 2.21. The Hall–Kier alpha value is -1.59. The van der Waals surface area contributed by atoms with E-state index in [0.717, 1.165) is 30.7 Å². The normalized spacial score (nSPS) is 18.1. The van der Waals surface area contributed by atoms with Crippen LogP contribution in [-0.4, -0.2) is 23.8 Å². The van der Waals surface area contributed by atoms with E-state index in [1.807, 2.05) is 24.3 Å². The van der Waals surface area contributed by atoms with Gasteiger partial charge in [0.15, 0.2) is 0 Å². The van der Waals surface area contributed by atoms with E-state index in [2.05, 4.69) is 15.5 Å². The minimum absolute atomic E-state index is 0. The second-order valence-electron chi connectivity index (χ2n) is 4.31. The van der Waals surface area contributed by atoms with Crippen LogP contribution < -0.4 is 10.1 Å². The number of ether oxygens (including phenoxy) is 1. The van der Waals surface area contributed by atoms with Crippen molar-refractivity contribution in [1.29, 1.82) is 0 Å². The van der Waals surface area contributed by atoms with Crippen molar-refractivity contribution >= 4 is 12.4 Å². The fourth-order valence-electron chi connectivity index (χ4n) is 2.21. The summed E-state index contributed by atoms with van der Waals surface area (Å²) >= 11 is 0. The molecule has 1 unspecified atom stereocenters. The van der Waals surface area contributed by atoms with Crippen molar-refractivity contribution in [3.63, 3.8) is 0 Å². The van der Waals surface area contributed by atoms with Crippen LogP contribution in [0.3, 0.4) is 0 Å². The van der Waals surface area contributed by atoms with Gasteiger partial charge >= 0.3 is 0 Å². The zero-order valence-corrected chi connectivity index (χ0v) is 11.4. The van der Waals surface area contributed by atoms with E-state index in [0.29, 0.717) is 11.7 Å². The number of aromatic nitrogens is 2. The summed E-state index contributed by atoms with van der Waals surface area (Å²) in [5, 5.41) is 7.37. The Morgan fingerprint density at radius 1 is 1.37 bits per heavy atom. The van der Waals surface area contributed by atoms with Crippen LogP contribution in [0.15, 0.2) is 28.8 Å². The van der Waals surface area contributed by atoms with E-state index in [1.54, 1.807) is 7.11 Å². The molecule has 6 heteroatoms. The Balaban J connectivity index is 0.00000133. The highest BCUT2D eigenvalue weighted by Gasteiger charge is 2.23. The minimum Gasteiger partial charge on any atom is -0.496 e. The molecule has 0 spiro atoms. The van der Waals surface area contributed by atoms with Gasteiger partial charge in [-0.05, 0) is 31.5 Å². The third-order valence-corrected chi connectivity index (χ3v) is 3.15. The molecule has 0 aliphatic carbocycles. The molecule has 3 rings (SSSR count). The van der Waals surface area contributed by atoms with Gasteiger partial charge in [-0.3, -0.25) is 0 Å². The lowest BCUT2D eigenvalue weighted by Gasteiger charge is -2.03. The van der Waals surface area contributed by atoms with Gasteiger partial charge in [0.25, 0.3) is 0 Å². The minimum atomic E-state index is 0. The van der Waals surface area contributed by atoms with E-state index in [4.69, 9.17) is 9.26 Å². The number of methoxy groups -OCH3 is 1. The Labute approximate surface area is 117 Å². The number of benzene rings is 1. The molecule has 0 bridgehead atoms. The van der Waals surface area contributed by atoms with Crippen LogP contribution in [0, 0.1) is 0 Å². The first kappa shape index (κ1) is 13.8. The molecule has 0 amide bonds. The van der Waals surface area contributed by atoms with Crippen LogP contribution in [0.2, 0.25) is 0 Å². The molecule has 2 heterocycles. The molecule has 1 fully saturated rings. The van der Waals surface area contributed by atoms with E-state index >= 15 is 0 Å². The van der Waals surface area contributed by atoms with Gasteiger partial charge in [0.1, 0.15) is 5.75 Å². The van der Waals surface area contributed by atoms with Gasteiger partial charge in [-0.15, -0.1) is 12.4 Å². The molecule has 2 aromatic rings. The first-order valence-electron chi connectivity index (χ1n) is 6.09. The SMILES string of the molecule is COc1ccccc1-c1noc(C2CCCN2)n1.Cl. The largest absolute Gasteiger partial charge is 0.496 e. The smallest absolute Gasteiger partial charge is 0.244 e. The first-order valence-corrected chi connectivity index (χ1v) is 6.09. The average molecular weight is 282 g/mol. The van der Waals surface area contributed by atoms with Crippen LogP contribution in [0.5, 0.6) is 5.75 Å². The summed E-state index contributed by atoms with van der Waals surface area (Å²) in [6.45, 7) is 1.01. The highest BCUT2D eigenvalue weighted by Crippen LogP contribution is 2.29. The van der Waals surface area contributed by atoms with Crippen molar-refractivity contribution in [3.05, 3.63) is 30.2 Å². The maximum Gasteiger partial charge on any atom is 0.244 e. The predicted molar refractivity (Wildman–Crippen MR) is 73.5 cm³/mol. The van der Waals surface area contributed by atoms with Crippen LogP contribution in [-0.2, 0) is 0 Å². The number of nitrogens with zero attached hydrogens (tertiary/aromatic N) is 2. The van der Waals surface area contributed by atoms with Gasteiger partial charge in [-0.2, -0.15) is 4.98 Å². The van der Waals surface area contributed by atoms with E-state index in [1.165, 1.54) is 0 Å². The molecule has 1 aromatic carbocycles. The summed E-state index contributed by atoms with van der Waals surface area (Å²) in [7, 11) is 1.64. The summed E-state index contributed by atoms with van der Waals surface area (Å²) in [6, 6.07) is 7.86. The van der Waals surface area contributed by atoms with Crippen molar-refractivity contribution in [2.75, 3.05) is 13.7 Å². The van der Waals surface area contributed by atoms with Gasteiger partial charge in [-0.1, -0.05) is 17.3 Å². The molecule has 0 radical (unpaired) electrons. The highest BCUT2D eigenvalue weighted by molar-refractivity contribution is 5.85. The van der Waals surface area contributed by atoms with Crippen LogP contribution in [0.25, 0.3) is 11.4 Å². The molecule has 1 aliphatic heterocycles. The van der Waals surface area contributed by atoms with Gasteiger partial charge in [0, 0.05) is 0 Å². The molecular weight excluding hydrogens is 266 g/mol. The molecule has 1 saturated heterocycles. The number of rotatable bonds is 3. The lowest BCUT2D eigenvalue weighted by molar-refractivity contribution is 0.344. The van der Waals surface area contributed by atoms with Crippen LogP contribution >= 0.6 is 12.4 Å². The molecule has 1 atom stereocenters. The topological polar surface area (TPSA) is 60.2 Å². The van der Waals surface area contributed by atoms with Crippen LogP contribution in [0.1, 0.15) is 24.8 Å². The third kappa shape index (κ3) is 2.72. The number of hydrogen-bond donors (Lipinski definition) is 1. The lowest BCUT2D eigenvalue weighted by Crippen LogP contribution is -2.12. The Bertz CT molecular complexity index is 538. The van der Waals surface area contributed by atoms with Gasteiger partial charge < -0.3 is 14.6 Å². The summed E-state index contributed by atoms with van der Waals surface area (Å²) in [4.78, 5) is 4.45. The Morgan fingerprint density at radius 2 is 2.21 bits per heavy atom. The van der Waals surface area contributed by atoms with Crippen molar-refractivity contribution in [2.45, 2.75) is 18.9 Å². The maximum absolute atomic E-state index is 5.32. The lowest BCUT2D eigenvalue weighted by atomic mass is 10.2. The summed E-state index contributed by atoms with van der Waals surface area (Å²) in [6.07, 6.45) is 2.20. The monoisotopic (exact) mass is 281 g/mol. The van der Waals surface area contributed by atoms with E-state index in [-0.39, 0.29) is 18.4 Å². The van der Waals surface area contributed by atoms with Crippen molar-refractivity contribution in [1.82, 2.24) is 15.5 Å². The van der Waals surface area contributed by atoms with Gasteiger partial charge in [0.05, 0.1) is 18.7 Å². The number of hydrogen-bond acceptors (Lipinski definition) is 5. The highest BCUT2D eigenvalue weighted by atomic mass is 35.5. The molecule has 5 nitrogen and oxygen atoms in total. The molecule has 1 N–H and O–H groups in total. The quantitative estimate of drug-likeness (QED) is 0.937. The molecule has 0 saturated carbocycles. The van der Waals surface area contributed by atoms with Crippen molar-refractivity contribution < 1.29 is 9.26 Å². The summed E-state index contributed by atoms with van der Waals surface area (Å²) < 4.78 is 10.6. The molecule has 19 heavy (non-hydrogen) atoms. The molecule has 1 aliphatic rings. The Morgan fingerprint density at radius 3 is 2.95 bits per heavy atom. The van der Waals surface area contributed by atoms with Gasteiger partial charge in [-0.25, -0.2) is 0 Å². The first-order chi connectivity index (χ1) is 8.88. The summed E-state index contributed by atoms with van der Waals surface area (Å²) in [5.74, 6) is 1.99. The summed E-state index contributed by atoms with van der Waals surface area (Å²) in [5.41, 5.74) is 0.855.